The lowest BCUT2D eigenvalue weighted by Gasteiger charge is -2.17. The van der Waals surface area contributed by atoms with Crippen LogP contribution in [0.4, 0.5) is 4.39 Å². The van der Waals surface area contributed by atoms with Gasteiger partial charge in [0.25, 0.3) is 0 Å². The zero-order valence-electron chi connectivity index (χ0n) is 11.4. The highest BCUT2D eigenvalue weighted by atomic mass is 79.9. The molecule has 6 heteroatoms. The van der Waals surface area contributed by atoms with Crippen LogP contribution in [0.3, 0.4) is 0 Å². The number of hydrogen-bond donors (Lipinski definition) is 1. The highest BCUT2D eigenvalue weighted by Gasteiger charge is 2.17. The highest BCUT2D eigenvalue weighted by Crippen LogP contribution is 2.39. The molecule has 2 nitrogen and oxygen atoms in total. The molecule has 0 heterocycles. The summed E-state index contributed by atoms with van der Waals surface area (Å²) >= 11 is 15.4. The standard InChI is InChI=1S/C15H13BrCl2FNO/c1-8(20-2)9-4-3-5-13(19)15(9)21-14-7-11(17)10(16)6-12(14)18/h3-8,20H,1-2H3. The molecule has 0 radical (unpaired) electrons. The lowest BCUT2D eigenvalue weighted by Crippen LogP contribution is -2.13. The van der Waals surface area contributed by atoms with Crippen molar-refractivity contribution in [1.82, 2.24) is 5.32 Å². The first-order chi connectivity index (χ1) is 9.93. The normalized spacial score (nSPS) is 12.3. The van der Waals surface area contributed by atoms with Crippen molar-refractivity contribution in [3.8, 4) is 11.5 Å². The number of hydrogen-bond acceptors (Lipinski definition) is 2. The van der Waals surface area contributed by atoms with Gasteiger partial charge < -0.3 is 10.1 Å². The number of rotatable bonds is 4. The van der Waals surface area contributed by atoms with Gasteiger partial charge in [0, 0.05) is 22.1 Å². The first-order valence-corrected chi connectivity index (χ1v) is 7.77. The molecule has 0 aliphatic heterocycles. The number of ether oxygens (including phenoxy) is 1. The Hall–Kier alpha value is -0.810. The van der Waals surface area contributed by atoms with Gasteiger partial charge in [-0.1, -0.05) is 35.3 Å². The maximum atomic E-state index is 14.1. The maximum absolute atomic E-state index is 14.1. The summed E-state index contributed by atoms with van der Waals surface area (Å²) in [6, 6.07) is 7.88. The molecule has 0 saturated carbocycles. The maximum Gasteiger partial charge on any atom is 0.167 e. The van der Waals surface area contributed by atoms with E-state index in [0.717, 1.165) is 0 Å². The first-order valence-electron chi connectivity index (χ1n) is 6.22. The topological polar surface area (TPSA) is 21.3 Å². The Balaban J connectivity index is 2.47. The van der Waals surface area contributed by atoms with Crippen LogP contribution in [0.2, 0.25) is 10.0 Å². The number of para-hydroxylation sites is 1. The lowest BCUT2D eigenvalue weighted by molar-refractivity contribution is 0.428. The van der Waals surface area contributed by atoms with Gasteiger partial charge in [0.15, 0.2) is 11.6 Å². The van der Waals surface area contributed by atoms with Gasteiger partial charge in [0.05, 0.1) is 10.0 Å². The van der Waals surface area contributed by atoms with Gasteiger partial charge in [-0.3, -0.25) is 0 Å². The van der Waals surface area contributed by atoms with Gasteiger partial charge in [-0.25, -0.2) is 4.39 Å². The van der Waals surface area contributed by atoms with Crippen molar-refractivity contribution in [2.24, 2.45) is 0 Å². The van der Waals surface area contributed by atoms with Crippen molar-refractivity contribution >= 4 is 39.1 Å². The predicted octanol–water partition coefficient (Wildman–Crippen LogP) is 5.97. The Morgan fingerprint density at radius 2 is 1.95 bits per heavy atom. The smallest absolute Gasteiger partial charge is 0.167 e. The molecule has 0 saturated heterocycles. The summed E-state index contributed by atoms with van der Waals surface area (Å²) in [4.78, 5) is 0. The molecule has 112 valence electrons. The van der Waals surface area contributed by atoms with Crippen LogP contribution in [0.5, 0.6) is 11.5 Å². The summed E-state index contributed by atoms with van der Waals surface area (Å²) in [6.07, 6.45) is 0. The molecule has 0 aromatic heterocycles. The third-order valence-electron chi connectivity index (χ3n) is 3.08. The van der Waals surface area contributed by atoms with Crippen LogP contribution in [0.25, 0.3) is 0 Å². The Labute approximate surface area is 141 Å². The molecule has 2 aromatic carbocycles. The minimum absolute atomic E-state index is 0.0691. The number of nitrogens with one attached hydrogen (secondary N) is 1. The molecule has 0 aliphatic rings. The molecule has 1 N–H and O–H groups in total. The molecule has 0 fully saturated rings. The molecule has 2 rings (SSSR count). The molecule has 1 atom stereocenters. The predicted molar refractivity (Wildman–Crippen MR) is 88.1 cm³/mol. The molecule has 21 heavy (non-hydrogen) atoms. The van der Waals surface area contributed by atoms with E-state index in [9.17, 15) is 4.39 Å². The van der Waals surface area contributed by atoms with E-state index in [-0.39, 0.29) is 11.8 Å². The lowest BCUT2D eigenvalue weighted by atomic mass is 10.1. The van der Waals surface area contributed by atoms with E-state index in [2.05, 4.69) is 21.2 Å². The van der Waals surface area contributed by atoms with Crippen molar-refractivity contribution in [3.63, 3.8) is 0 Å². The van der Waals surface area contributed by atoms with Crippen molar-refractivity contribution in [3.05, 3.63) is 56.2 Å². The van der Waals surface area contributed by atoms with Gasteiger partial charge in [0.1, 0.15) is 5.75 Å². The monoisotopic (exact) mass is 391 g/mol. The van der Waals surface area contributed by atoms with Crippen molar-refractivity contribution in [2.45, 2.75) is 13.0 Å². The Kier molecular flexibility index (Phi) is 5.49. The van der Waals surface area contributed by atoms with Crippen LogP contribution in [0, 0.1) is 5.82 Å². The molecule has 2 aromatic rings. The fourth-order valence-electron chi connectivity index (χ4n) is 1.82. The van der Waals surface area contributed by atoms with Crippen LogP contribution >= 0.6 is 39.1 Å². The summed E-state index contributed by atoms with van der Waals surface area (Å²) in [5, 5.41) is 3.84. The van der Waals surface area contributed by atoms with E-state index < -0.39 is 5.82 Å². The largest absolute Gasteiger partial charge is 0.452 e. The summed E-state index contributed by atoms with van der Waals surface area (Å²) in [5.74, 6) is -0.0103. The average Bonchev–Trinajstić information content (AvgIpc) is 2.45. The first kappa shape index (κ1) is 16.6. The van der Waals surface area contributed by atoms with E-state index >= 15 is 0 Å². The van der Waals surface area contributed by atoms with Crippen molar-refractivity contribution < 1.29 is 9.13 Å². The van der Waals surface area contributed by atoms with E-state index in [1.807, 2.05) is 6.92 Å². The third-order valence-corrected chi connectivity index (χ3v) is 4.58. The van der Waals surface area contributed by atoms with Gasteiger partial charge >= 0.3 is 0 Å². The summed E-state index contributed by atoms with van der Waals surface area (Å²) in [6.45, 7) is 1.91. The molecule has 0 bridgehead atoms. The molecule has 0 aliphatic carbocycles. The summed E-state index contributed by atoms with van der Waals surface area (Å²) in [7, 11) is 1.79. The molecular formula is C15H13BrCl2FNO. The Bertz CT molecular complexity index is 666. The number of benzene rings is 2. The van der Waals surface area contributed by atoms with E-state index in [1.54, 1.807) is 31.3 Å². The second-order valence-electron chi connectivity index (χ2n) is 4.47. The van der Waals surface area contributed by atoms with Gasteiger partial charge in [0.2, 0.25) is 0 Å². The van der Waals surface area contributed by atoms with Crippen LogP contribution < -0.4 is 10.1 Å². The van der Waals surface area contributed by atoms with Crippen molar-refractivity contribution in [1.29, 1.82) is 0 Å². The molecule has 0 amide bonds. The zero-order chi connectivity index (χ0) is 15.6. The fraction of sp³-hybridized carbons (Fsp3) is 0.200. The van der Waals surface area contributed by atoms with E-state index in [1.165, 1.54) is 6.07 Å². The summed E-state index contributed by atoms with van der Waals surface area (Å²) < 4.78 is 20.4. The Morgan fingerprint density at radius 1 is 1.24 bits per heavy atom. The van der Waals surface area contributed by atoms with Crippen molar-refractivity contribution in [2.75, 3.05) is 7.05 Å². The SMILES string of the molecule is CNC(C)c1cccc(F)c1Oc1cc(Cl)c(Br)cc1Cl. The molecule has 1 unspecified atom stereocenters. The quantitative estimate of drug-likeness (QED) is 0.647. The van der Waals surface area contributed by atoms with Crippen LogP contribution in [-0.4, -0.2) is 7.05 Å². The number of halogens is 4. The molecular weight excluding hydrogens is 380 g/mol. The summed E-state index contributed by atoms with van der Waals surface area (Å²) in [5.41, 5.74) is 0.701. The minimum atomic E-state index is -0.454. The van der Waals surface area contributed by atoms with Gasteiger partial charge in [-0.2, -0.15) is 0 Å². The van der Waals surface area contributed by atoms with E-state index in [0.29, 0.717) is 25.8 Å². The van der Waals surface area contributed by atoms with Crippen LogP contribution in [-0.2, 0) is 0 Å². The van der Waals surface area contributed by atoms with Gasteiger partial charge in [-0.05, 0) is 42.0 Å². The second-order valence-corrected chi connectivity index (χ2v) is 6.14. The molecule has 0 spiro atoms. The fourth-order valence-corrected chi connectivity index (χ4v) is 2.65. The minimum Gasteiger partial charge on any atom is -0.452 e. The second kappa shape index (κ2) is 6.97. The average molecular weight is 393 g/mol. The van der Waals surface area contributed by atoms with Crippen LogP contribution in [0.1, 0.15) is 18.5 Å². The third kappa shape index (κ3) is 3.69. The zero-order valence-corrected chi connectivity index (χ0v) is 14.5. The van der Waals surface area contributed by atoms with Crippen LogP contribution in [0.15, 0.2) is 34.8 Å². The van der Waals surface area contributed by atoms with E-state index in [4.69, 9.17) is 27.9 Å². The Morgan fingerprint density at radius 3 is 2.62 bits per heavy atom. The van der Waals surface area contributed by atoms with Gasteiger partial charge in [-0.15, -0.1) is 0 Å². The highest BCUT2D eigenvalue weighted by molar-refractivity contribution is 9.10.